The summed E-state index contributed by atoms with van der Waals surface area (Å²) in [5, 5.41) is 12.5. The van der Waals surface area contributed by atoms with Gasteiger partial charge in [0.15, 0.2) is 17.1 Å². The molecule has 2 N–H and O–H groups in total. The Hall–Kier alpha value is -3.14. The van der Waals surface area contributed by atoms with Gasteiger partial charge in [0.2, 0.25) is 0 Å². The molecule has 1 saturated heterocycles. The number of hydrogen-bond acceptors (Lipinski definition) is 7. The Kier molecular flexibility index (Phi) is 7.90. The van der Waals surface area contributed by atoms with Gasteiger partial charge < -0.3 is 29.4 Å². The van der Waals surface area contributed by atoms with Gasteiger partial charge in [-0.15, -0.1) is 0 Å². The number of halogens is 2. The number of anilines is 2. The van der Waals surface area contributed by atoms with E-state index in [1.807, 2.05) is 4.90 Å². The van der Waals surface area contributed by atoms with Gasteiger partial charge in [-0.2, -0.15) is 0 Å². The molecule has 0 aliphatic carbocycles. The number of amides is 1. The molecule has 0 spiro atoms. The lowest BCUT2D eigenvalue weighted by Gasteiger charge is -2.27. The van der Waals surface area contributed by atoms with Crippen LogP contribution in [0.25, 0.3) is 11.0 Å². The average Bonchev–Trinajstić information content (AvgIpc) is 2.86. The van der Waals surface area contributed by atoms with E-state index in [0.29, 0.717) is 61.9 Å². The predicted octanol–water partition coefficient (Wildman–Crippen LogP) is 3.14. The van der Waals surface area contributed by atoms with E-state index in [0.717, 1.165) is 0 Å². The van der Waals surface area contributed by atoms with Crippen LogP contribution in [0.3, 0.4) is 0 Å². The van der Waals surface area contributed by atoms with Gasteiger partial charge in [-0.1, -0.05) is 17.7 Å². The second-order valence-electron chi connectivity index (χ2n) is 8.29. The third kappa shape index (κ3) is 5.58. The van der Waals surface area contributed by atoms with E-state index in [2.05, 4.69) is 5.32 Å². The minimum Gasteiger partial charge on any atom is -0.440 e. The van der Waals surface area contributed by atoms with Crippen LogP contribution in [0.4, 0.5) is 16.0 Å². The van der Waals surface area contributed by atoms with Crippen molar-refractivity contribution < 1.29 is 23.4 Å². The number of benzene rings is 2. The first kappa shape index (κ1) is 25.0. The molecule has 2 aromatic carbocycles. The Bertz CT molecular complexity index is 1280. The van der Waals surface area contributed by atoms with E-state index < -0.39 is 5.82 Å². The van der Waals surface area contributed by atoms with Crippen molar-refractivity contribution in [3.63, 3.8) is 0 Å². The number of aliphatic hydroxyl groups excluding tert-OH is 1. The van der Waals surface area contributed by atoms with Crippen LogP contribution in [0.5, 0.6) is 0 Å². The molecule has 0 saturated carbocycles. The highest BCUT2D eigenvalue weighted by Crippen LogP contribution is 2.27. The fourth-order valence-electron chi connectivity index (χ4n) is 4.01. The second-order valence-corrected chi connectivity index (χ2v) is 8.70. The molecule has 1 aliphatic rings. The van der Waals surface area contributed by atoms with Crippen LogP contribution in [-0.4, -0.2) is 69.0 Å². The Morgan fingerprint density at radius 1 is 1.26 bits per heavy atom. The number of likely N-dealkylation sites (N-methyl/N-ethyl adjacent to an activating group) is 1. The van der Waals surface area contributed by atoms with Gasteiger partial charge in [-0.25, -0.2) is 4.39 Å². The zero-order chi connectivity index (χ0) is 24.9. The molecule has 10 heteroatoms. The third-order valence-corrected chi connectivity index (χ3v) is 6.20. The zero-order valence-electron chi connectivity index (χ0n) is 19.4. The maximum absolute atomic E-state index is 14.3. The van der Waals surface area contributed by atoms with Crippen molar-refractivity contribution in [3.8, 4) is 0 Å². The van der Waals surface area contributed by atoms with Crippen LogP contribution in [0.2, 0.25) is 5.02 Å². The number of carbonyl (C=O) groups is 1. The first-order valence-electron chi connectivity index (χ1n) is 11.4. The smallest absolute Gasteiger partial charge is 0.253 e. The number of nitrogens with zero attached hydrogens (tertiary/aromatic N) is 2. The van der Waals surface area contributed by atoms with Crippen molar-refractivity contribution in [2.45, 2.75) is 6.42 Å². The van der Waals surface area contributed by atoms with Gasteiger partial charge in [0.05, 0.1) is 35.9 Å². The minimum atomic E-state index is -0.547. The molecular weight excluding hydrogens is 477 g/mol. The average molecular weight is 504 g/mol. The Morgan fingerprint density at radius 3 is 2.77 bits per heavy atom. The van der Waals surface area contributed by atoms with Crippen LogP contribution in [0, 0.1) is 5.82 Å². The van der Waals surface area contributed by atoms with Gasteiger partial charge in [0, 0.05) is 44.9 Å². The lowest BCUT2D eigenvalue weighted by molar-refractivity contribution is 0.0767. The number of aliphatic hydroxyl groups is 1. The monoisotopic (exact) mass is 503 g/mol. The Labute approximate surface area is 206 Å². The Morgan fingerprint density at radius 2 is 2.03 bits per heavy atom. The molecule has 1 aliphatic heterocycles. The molecule has 186 valence electrons. The van der Waals surface area contributed by atoms with Gasteiger partial charge >= 0.3 is 0 Å². The molecule has 1 fully saturated rings. The molecule has 2 heterocycles. The molecule has 3 aromatic rings. The van der Waals surface area contributed by atoms with E-state index in [-0.39, 0.29) is 40.6 Å². The summed E-state index contributed by atoms with van der Waals surface area (Å²) in [7, 11) is 1.58. The molecule has 4 rings (SSSR count). The lowest BCUT2D eigenvalue weighted by atomic mass is 10.0. The van der Waals surface area contributed by atoms with Crippen molar-refractivity contribution in [2.75, 3.05) is 63.3 Å². The quantitative estimate of drug-likeness (QED) is 0.487. The maximum atomic E-state index is 14.3. The third-order valence-electron chi connectivity index (χ3n) is 5.91. The summed E-state index contributed by atoms with van der Waals surface area (Å²) in [4.78, 5) is 29.3. The number of hydrogen-bond donors (Lipinski definition) is 2. The van der Waals surface area contributed by atoms with Crippen molar-refractivity contribution >= 4 is 40.0 Å². The number of fused-ring (bicyclic) bond motifs is 1. The molecule has 0 bridgehead atoms. The van der Waals surface area contributed by atoms with E-state index in [9.17, 15) is 19.1 Å². The topological polar surface area (TPSA) is 95.2 Å². The fourth-order valence-corrected chi connectivity index (χ4v) is 4.18. The van der Waals surface area contributed by atoms with E-state index in [4.69, 9.17) is 20.8 Å². The van der Waals surface area contributed by atoms with Crippen molar-refractivity contribution in [1.82, 2.24) is 4.90 Å². The second kappa shape index (κ2) is 11.1. The summed E-state index contributed by atoms with van der Waals surface area (Å²) in [6.45, 7) is 2.56. The SMILES string of the molecule is CN(CCO)C(=O)c1cc(CCNc2cccc(Cl)c2F)c2oc(N3CCOCC3)cc(=O)c2c1. The standard InChI is InChI=1S/C25H27ClFN3O5/c1-29(7-10-31)25(33)17-13-16(5-6-28-20-4-2-3-19(26)23(20)27)24-18(14-17)21(32)15-22(35-24)30-8-11-34-12-9-30/h2-4,13-15,28,31H,5-12H2,1H3. The molecule has 0 atom stereocenters. The summed E-state index contributed by atoms with van der Waals surface area (Å²) < 4.78 is 25.9. The van der Waals surface area contributed by atoms with Crippen molar-refractivity contribution in [3.05, 3.63) is 68.6 Å². The van der Waals surface area contributed by atoms with E-state index >= 15 is 0 Å². The number of morpholine rings is 1. The number of carbonyl (C=O) groups excluding carboxylic acids is 1. The lowest BCUT2D eigenvalue weighted by Crippen LogP contribution is -2.36. The number of nitrogens with one attached hydrogen (secondary N) is 1. The summed E-state index contributed by atoms with van der Waals surface area (Å²) in [5.74, 6) is -0.431. The molecule has 1 aromatic heterocycles. The highest BCUT2D eigenvalue weighted by atomic mass is 35.5. The number of ether oxygens (including phenoxy) is 1. The van der Waals surface area contributed by atoms with Gasteiger partial charge in [-0.3, -0.25) is 9.59 Å². The minimum absolute atomic E-state index is 0.0149. The van der Waals surface area contributed by atoms with Gasteiger partial charge in [0.25, 0.3) is 5.91 Å². The van der Waals surface area contributed by atoms with Crippen LogP contribution in [0.1, 0.15) is 15.9 Å². The summed E-state index contributed by atoms with van der Waals surface area (Å²) >= 11 is 5.87. The largest absolute Gasteiger partial charge is 0.440 e. The van der Waals surface area contributed by atoms with Crippen LogP contribution < -0.4 is 15.6 Å². The van der Waals surface area contributed by atoms with Crippen molar-refractivity contribution in [1.29, 1.82) is 0 Å². The molecule has 35 heavy (non-hydrogen) atoms. The van der Waals surface area contributed by atoms with Gasteiger partial charge in [0.1, 0.15) is 5.58 Å². The zero-order valence-corrected chi connectivity index (χ0v) is 20.1. The summed E-state index contributed by atoms with van der Waals surface area (Å²) in [6.07, 6.45) is 0.350. The first-order valence-corrected chi connectivity index (χ1v) is 11.7. The summed E-state index contributed by atoms with van der Waals surface area (Å²) in [6, 6.07) is 9.33. The number of rotatable bonds is 8. The van der Waals surface area contributed by atoms with Crippen molar-refractivity contribution in [2.24, 2.45) is 0 Å². The predicted molar refractivity (Wildman–Crippen MR) is 133 cm³/mol. The van der Waals surface area contributed by atoms with E-state index in [1.54, 1.807) is 25.2 Å². The Balaban J connectivity index is 1.71. The van der Waals surface area contributed by atoms with Crippen LogP contribution >= 0.6 is 11.6 Å². The molecule has 8 nitrogen and oxygen atoms in total. The van der Waals surface area contributed by atoms with Crippen LogP contribution in [-0.2, 0) is 11.2 Å². The molecular formula is C25H27ClFN3O5. The van der Waals surface area contributed by atoms with Crippen LogP contribution in [0.15, 0.2) is 45.6 Å². The summed E-state index contributed by atoms with van der Waals surface area (Å²) in [5.41, 5.74) is 1.32. The molecule has 1 amide bonds. The first-order chi connectivity index (χ1) is 16.9. The molecule has 0 radical (unpaired) electrons. The normalized spacial score (nSPS) is 13.8. The highest BCUT2D eigenvalue weighted by Gasteiger charge is 2.20. The maximum Gasteiger partial charge on any atom is 0.253 e. The molecule has 0 unspecified atom stereocenters. The van der Waals surface area contributed by atoms with Gasteiger partial charge in [-0.05, 0) is 36.2 Å². The highest BCUT2D eigenvalue weighted by molar-refractivity contribution is 6.31. The fraction of sp³-hybridized carbons (Fsp3) is 0.360. The van der Waals surface area contributed by atoms with E-state index in [1.165, 1.54) is 23.1 Å².